The first kappa shape index (κ1) is 19.0. The summed E-state index contributed by atoms with van der Waals surface area (Å²) < 4.78 is 32.7. The van der Waals surface area contributed by atoms with Gasteiger partial charge in [-0.15, -0.1) is 0 Å². The maximum atomic E-state index is 12.5. The third-order valence-corrected chi connectivity index (χ3v) is 6.06. The van der Waals surface area contributed by atoms with Crippen molar-refractivity contribution in [3.05, 3.63) is 83.9 Å². The van der Waals surface area contributed by atoms with E-state index < -0.39 is 16.2 Å². The fraction of sp³-hybridized carbons (Fsp3) is 0.0952. The Hall–Kier alpha value is -3.36. The quantitative estimate of drug-likeness (QED) is 0.614. The third-order valence-electron chi connectivity index (χ3n) is 4.58. The molecule has 0 bridgehead atoms. The van der Waals surface area contributed by atoms with Crippen LogP contribution >= 0.6 is 0 Å². The van der Waals surface area contributed by atoms with Gasteiger partial charge in [0.15, 0.2) is 0 Å². The lowest BCUT2D eigenvalue weighted by Gasteiger charge is -2.28. The number of fused-ring (bicyclic) bond motifs is 1. The second-order valence-electron chi connectivity index (χ2n) is 6.50. The van der Waals surface area contributed by atoms with Crippen LogP contribution in [-0.4, -0.2) is 21.4 Å². The average molecular weight is 409 g/mol. The Morgan fingerprint density at radius 3 is 2.52 bits per heavy atom. The molecule has 29 heavy (non-hydrogen) atoms. The van der Waals surface area contributed by atoms with E-state index >= 15 is 0 Å². The molecule has 1 aliphatic heterocycles. The normalized spacial score (nSPS) is 16.9. The van der Waals surface area contributed by atoms with Gasteiger partial charge in [0.1, 0.15) is 16.8 Å². The Morgan fingerprint density at radius 2 is 1.76 bits per heavy atom. The lowest BCUT2D eigenvalue weighted by Crippen LogP contribution is -2.38. The van der Waals surface area contributed by atoms with E-state index in [1.165, 1.54) is 0 Å². The molecular formula is C21H19N3O4S. The molecule has 7 nitrogen and oxygen atoms in total. The molecule has 3 aromatic rings. The Labute approximate surface area is 168 Å². The van der Waals surface area contributed by atoms with E-state index in [2.05, 4.69) is 15.4 Å². The maximum Gasteiger partial charge on any atom is 0.255 e. The Balaban J connectivity index is 1.51. The highest BCUT2D eigenvalue weighted by molar-refractivity contribution is 7.89. The van der Waals surface area contributed by atoms with Crippen molar-refractivity contribution in [2.24, 2.45) is 0 Å². The minimum Gasteiger partial charge on any atom is -0.497 e. The third kappa shape index (κ3) is 3.94. The number of anilines is 2. The summed E-state index contributed by atoms with van der Waals surface area (Å²) in [5.74, 6) is 0.376. The smallest absolute Gasteiger partial charge is 0.255 e. The number of methoxy groups -OCH3 is 1. The van der Waals surface area contributed by atoms with E-state index in [4.69, 9.17) is 4.74 Å². The largest absolute Gasteiger partial charge is 0.497 e. The molecule has 1 aliphatic rings. The minimum atomic E-state index is -3.62. The van der Waals surface area contributed by atoms with Gasteiger partial charge in [-0.05, 0) is 42.0 Å². The first-order valence-corrected chi connectivity index (χ1v) is 10.4. The van der Waals surface area contributed by atoms with Gasteiger partial charge in [-0.2, -0.15) is 4.72 Å². The second kappa shape index (κ2) is 7.57. The molecule has 3 N–H and O–H groups in total. The van der Waals surface area contributed by atoms with Crippen LogP contribution in [0.25, 0.3) is 0 Å². The average Bonchev–Trinajstić information content (AvgIpc) is 2.73. The number of nitrogens with one attached hydrogen (secondary N) is 3. The number of carbonyl (C=O) groups is 1. The molecule has 0 aliphatic carbocycles. The summed E-state index contributed by atoms with van der Waals surface area (Å²) in [6.45, 7) is 0. The predicted octanol–water partition coefficient (Wildman–Crippen LogP) is 3.35. The van der Waals surface area contributed by atoms with Crippen molar-refractivity contribution < 1.29 is 17.9 Å². The van der Waals surface area contributed by atoms with E-state index in [0.717, 1.165) is 0 Å². The van der Waals surface area contributed by atoms with Gasteiger partial charge in [0.25, 0.3) is 5.91 Å². The molecule has 3 aromatic carbocycles. The number of carbonyl (C=O) groups excluding carboxylic acids is 1. The van der Waals surface area contributed by atoms with Crippen LogP contribution in [0.5, 0.6) is 5.75 Å². The van der Waals surface area contributed by atoms with Crippen molar-refractivity contribution in [2.75, 3.05) is 17.7 Å². The van der Waals surface area contributed by atoms with E-state index in [9.17, 15) is 13.2 Å². The van der Waals surface area contributed by atoms with Gasteiger partial charge in [0, 0.05) is 17.3 Å². The van der Waals surface area contributed by atoms with Crippen LogP contribution in [0, 0.1) is 0 Å². The Morgan fingerprint density at radius 1 is 1.00 bits per heavy atom. The molecule has 1 heterocycles. The van der Waals surface area contributed by atoms with Crippen LogP contribution in [0.2, 0.25) is 0 Å². The molecule has 0 unspecified atom stereocenters. The maximum absolute atomic E-state index is 12.5. The molecule has 0 fully saturated rings. The Bertz CT molecular complexity index is 1160. The van der Waals surface area contributed by atoms with Gasteiger partial charge in [-0.1, -0.05) is 30.3 Å². The number of amides is 1. The standard InChI is InChI=1S/C21H19N3O4S/c1-28-17-6-4-5-16(13-17)22-21(25)15-11-9-14(10-12-15)20-23-18-7-2-3-8-19(18)29(26,27)24-20/h2-13,20,23-24H,1H3,(H,22,25)/t20-/m0/s1. The molecule has 4 rings (SSSR count). The summed E-state index contributed by atoms with van der Waals surface area (Å²) in [6, 6.07) is 20.5. The molecule has 0 radical (unpaired) electrons. The molecule has 8 heteroatoms. The van der Waals surface area contributed by atoms with Gasteiger partial charge in [-0.3, -0.25) is 4.79 Å². The highest BCUT2D eigenvalue weighted by Crippen LogP contribution is 2.30. The monoisotopic (exact) mass is 409 g/mol. The van der Waals surface area contributed by atoms with Crippen LogP contribution in [0.1, 0.15) is 22.1 Å². The van der Waals surface area contributed by atoms with Crippen LogP contribution in [-0.2, 0) is 10.0 Å². The number of rotatable bonds is 4. The summed E-state index contributed by atoms with van der Waals surface area (Å²) in [4.78, 5) is 12.7. The lowest BCUT2D eigenvalue weighted by molar-refractivity contribution is 0.102. The highest BCUT2D eigenvalue weighted by Gasteiger charge is 2.29. The van der Waals surface area contributed by atoms with Gasteiger partial charge < -0.3 is 15.4 Å². The summed E-state index contributed by atoms with van der Waals surface area (Å²) in [7, 11) is -2.06. The number of hydrogen-bond donors (Lipinski definition) is 3. The first-order valence-electron chi connectivity index (χ1n) is 8.89. The van der Waals surface area contributed by atoms with E-state index in [1.807, 2.05) is 0 Å². The summed E-state index contributed by atoms with van der Waals surface area (Å²) in [5, 5.41) is 5.98. The summed E-state index contributed by atoms with van der Waals surface area (Å²) >= 11 is 0. The number of benzene rings is 3. The van der Waals surface area contributed by atoms with E-state index in [1.54, 1.807) is 79.9 Å². The zero-order chi connectivity index (χ0) is 20.4. The van der Waals surface area contributed by atoms with Gasteiger partial charge in [-0.25, -0.2) is 8.42 Å². The highest BCUT2D eigenvalue weighted by atomic mass is 32.2. The first-order chi connectivity index (χ1) is 14.0. The number of para-hydroxylation sites is 1. The van der Waals surface area contributed by atoms with Crippen LogP contribution < -0.4 is 20.1 Å². The minimum absolute atomic E-state index is 0.213. The molecule has 1 amide bonds. The van der Waals surface area contributed by atoms with Crippen molar-refractivity contribution in [1.29, 1.82) is 0 Å². The molecule has 0 aromatic heterocycles. The van der Waals surface area contributed by atoms with Crippen molar-refractivity contribution in [1.82, 2.24) is 4.72 Å². The van der Waals surface area contributed by atoms with Gasteiger partial charge in [0.2, 0.25) is 10.0 Å². The van der Waals surface area contributed by atoms with Crippen molar-refractivity contribution in [3.8, 4) is 5.75 Å². The molecular weight excluding hydrogens is 390 g/mol. The van der Waals surface area contributed by atoms with Crippen LogP contribution in [0.3, 0.4) is 0 Å². The van der Waals surface area contributed by atoms with Crippen molar-refractivity contribution in [3.63, 3.8) is 0 Å². The van der Waals surface area contributed by atoms with E-state index in [0.29, 0.717) is 28.3 Å². The number of sulfonamides is 1. The molecule has 0 saturated carbocycles. The van der Waals surface area contributed by atoms with Crippen molar-refractivity contribution >= 4 is 27.3 Å². The molecule has 1 atom stereocenters. The molecule has 148 valence electrons. The second-order valence-corrected chi connectivity index (χ2v) is 8.19. The van der Waals surface area contributed by atoms with Crippen molar-refractivity contribution in [2.45, 2.75) is 11.1 Å². The fourth-order valence-electron chi connectivity index (χ4n) is 3.11. The molecule has 0 saturated heterocycles. The molecule has 0 spiro atoms. The van der Waals surface area contributed by atoms with E-state index in [-0.39, 0.29) is 10.8 Å². The predicted molar refractivity (Wildman–Crippen MR) is 111 cm³/mol. The van der Waals surface area contributed by atoms with Crippen LogP contribution in [0.4, 0.5) is 11.4 Å². The van der Waals surface area contributed by atoms with Gasteiger partial charge in [0.05, 0.1) is 12.8 Å². The fourth-order valence-corrected chi connectivity index (χ4v) is 4.41. The zero-order valence-corrected chi connectivity index (χ0v) is 16.4. The SMILES string of the molecule is COc1cccc(NC(=O)c2ccc([C@H]3Nc4ccccc4S(=O)(=O)N3)cc2)c1. The summed E-state index contributed by atoms with van der Waals surface area (Å²) in [6.07, 6.45) is -0.620. The lowest BCUT2D eigenvalue weighted by atomic mass is 10.1. The van der Waals surface area contributed by atoms with Crippen LogP contribution in [0.15, 0.2) is 77.7 Å². The number of ether oxygens (including phenoxy) is 1. The topological polar surface area (TPSA) is 96.5 Å². The summed E-state index contributed by atoms with van der Waals surface area (Å²) in [5.41, 5.74) is 2.31. The number of hydrogen-bond acceptors (Lipinski definition) is 5. The Kier molecular flexibility index (Phi) is 4.96. The zero-order valence-electron chi connectivity index (χ0n) is 15.5. The van der Waals surface area contributed by atoms with Gasteiger partial charge >= 0.3 is 0 Å².